The summed E-state index contributed by atoms with van der Waals surface area (Å²) in [5.74, 6) is -0.303. The van der Waals surface area contributed by atoms with Gasteiger partial charge in [-0.15, -0.1) is 0 Å². The first-order chi connectivity index (χ1) is 9.94. The van der Waals surface area contributed by atoms with Crippen LogP contribution in [0.1, 0.15) is 43.0 Å². The molecule has 4 nitrogen and oxygen atoms in total. The third kappa shape index (κ3) is 6.97. The van der Waals surface area contributed by atoms with Crippen molar-refractivity contribution in [2.45, 2.75) is 38.8 Å². The summed E-state index contributed by atoms with van der Waals surface area (Å²) in [5.41, 5.74) is 1.08. The van der Waals surface area contributed by atoms with E-state index in [-0.39, 0.29) is 18.9 Å². The van der Waals surface area contributed by atoms with Crippen molar-refractivity contribution >= 4 is 11.6 Å². The topological polar surface area (TPSA) is 54.0 Å². The number of hydrogen-bond donors (Lipinski definition) is 2. The van der Waals surface area contributed by atoms with E-state index in [9.17, 15) is 18.0 Å². The van der Waals surface area contributed by atoms with Crippen molar-refractivity contribution in [3.05, 3.63) is 24.0 Å². The lowest BCUT2D eigenvalue weighted by Gasteiger charge is -2.11. The number of carbonyl (C=O) groups excluding carboxylic acids is 1. The maximum absolute atomic E-state index is 12.0. The molecule has 7 heteroatoms. The molecule has 2 N–H and O–H groups in total. The summed E-state index contributed by atoms with van der Waals surface area (Å²) >= 11 is 0. The molecule has 1 aromatic rings. The highest BCUT2D eigenvalue weighted by atomic mass is 19.4. The number of halogens is 3. The van der Waals surface area contributed by atoms with Crippen molar-refractivity contribution in [3.63, 3.8) is 0 Å². The molecule has 0 aromatic carbocycles. The standard InChI is InChI=1S/C14H20F3N3O/c1-2-7-19-12-10-18-9-5-11(12)13(21)20-8-4-3-6-14(15,16)17/h5,9-10,19H,2-4,6-8H2,1H3,(H,20,21). The molecule has 118 valence electrons. The summed E-state index contributed by atoms with van der Waals surface area (Å²) in [7, 11) is 0. The van der Waals surface area contributed by atoms with E-state index < -0.39 is 12.6 Å². The van der Waals surface area contributed by atoms with Gasteiger partial charge in [-0.1, -0.05) is 6.92 Å². The van der Waals surface area contributed by atoms with E-state index in [1.807, 2.05) is 6.92 Å². The van der Waals surface area contributed by atoms with Gasteiger partial charge in [0.2, 0.25) is 0 Å². The van der Waals surface area contributed by atoms with Crippen LogP contribution in [0.2, 0.25) is 0 Å². The second-order valence-electron chi connectivity index (χ2n) is 4.68. The summed E-state index contributed by atoms with van der Waals surface area (Å²) in [4.78, 5) is 15.9. The van der Waals surface area contributed by atoms with Gasteiger partial charge in [0.15, 0.2) is 0 Å². The van der Waals surface area contributed by atoms with Gasteiger partial charge >= 0.3 is 6.18 Å². The zero-order valence-corrected chi connectivity index (χ0v) is 12.0. The first kappa shape index (κ1) is 17.3. The zero-order chi connectivity index (χ0) is 15.7. The van der Waals surface area contributed by atoms with E-state index in [2.05, 4.69) is 15.6 Å². The van der Waals surface area contributed by atoms with E-state index in [4.69, 9.17) is 0 Å². The molecule has 0 aliphatic heterocycles. The molecule has 0 bridgehead atoms. The monoisotopic (exact) mass is 303 g/mol. The van der Waals surface area contributed by atoms with Gasteiger partial charge in [0.25, 0.3) is 5.91 Å². The van der Waals surface area contributed by atoms with Gasteiger partial charge in [-0.3, -0.25) is 9.78 Å². The number of amides is 1. The average molecular weight is 303 g/mol. The van der Waals surface area contributed by atoms with Crippen LogP contribution in [0.4, 0.5) is 18.9 Å². The van der Waals surface area contributed by atoms with Crippen LogP contribution in [0.15, 0.2) is 18.5 Å². The number of carbonyl (C=O) groups is 1. The molecule has 0 spiro atoms. The number of pyridine rings is 1. The second kappa shape index (κ2) is 8.49. The number of hydrogen-bond acceptors (Lipinski definition) is 3. The first-order valence-electron chi connectivity index (χ1n) is 6.97. The normalized spacial score (nSPS) is 11.2. The van der Waals surface area contributed by atoms with Crippen LogP contribution in [0.3, 0.4) is 0 Å². The fraction of sp³-hybridized carbons (Fsp3) is 0.571. The fourth-order valence-corrected chi connectivity index (χ4v) is 1.74. The SMILES string of the molecule is CCCNc1cnccc1C(=O)NCCCCC(F)(F)F. The molecule has 1 aromatic heterocycles. The number of nitrogens with one attached hydrogen (secondary N) is 2. The van der Waals surface area contributed by atoms with Crippen molar-refractivity contribution in [2.75, 3.05) is 18.4 Å². The molecule has 0 saturated heterocycles. The van der Waals surface area contributed by atoms with Gasteiger partial charge in [0, 0.05) is 25.7 Å². The summed E-state index contributed by atoms with van der Waals surface area (Å²) in [6.45, 7) is 2.95. The molecule has 0 saturated carbocycles. The Morgan fingerprint density at radius 3 is 2.71 bits per heavy atom. The number of unbranched alkanes of at least 4 members (excludes halogenated alkanes) is 1. The average Bonchev–Trinajstić information content (AvgIpc) is 2.43. The van der Waals surface area contributed by atoms with Crippen LogP contribution < -0.4 is 10.6 Å². The lowest BCUT2D eigenvalue weighted by Crippen LogP contribution is -2.26. The lowest BCUT2D eigenvalue weighted by atomic mass is 10.2. The summed E-state index contributed by atoms with van der Waals surface area (Å²) in [6, 6.07) is 1.59. The molecule has 0 radical (unpaired) electrons. The van der Waals surface area contributed by atoms with Crippen molar-refractivity contribution in [1.29, 1.82) is 0 Å². The van der Waals surface area contributed by atoms with Crippen LogP contribution >= 0.6 is 0 Å². The third-order valence-corrected chi connectivity index (χ3v) is 2.80. The van der Waals surface area contributed by atoms with Gasteiger partial charge in [0.1, 0.15) is 0 Å². The van der Waals surface area contributed by atoms with E-state index in [0.717, 1.165) is 13.0 Å². The Balaban J connectivity index is 2.41. The van der Waals surface area contributed by atoms with E-state index in [1.165, 1.54) is 6.20 Å². The van der Waals surface area contributed by atoms with Gasteiger partial charge in [-0.25, -0.2) is 0 Å². The fourth-order valence-electron chi connectivity index (χ4n) is 1.74. The number of rotatable bonds is 8. The van der Waals surface area contributed by atoms with Gasteiger partial charge < -0.3 is 10.6 Å². The summed E-state index contributed by atoms with van der Waals surface area (Å²) in [5, 5.41) is 5.72. The Labute approximate surface area is 122 Å². The van der Waals surface area contributed by atoms with Crippen LogP contribution in [0.25, 0.3) is 0 Å². The van der Waals surface area contributed by atoms with Crippen LogP contribution in [-0.4, -0.2) is 30.2 Å². The number of nitrogens with zero attached hydrogens (tertiary/aromatic N) is 1. The molecule has 0 aliphatic rings. The molecular formula is C14H20F3N3O. The third-order valence-electron chi connectivity index (χ3n) is 2.80. The Morgan fingerprint density at radius 2 is 2.05 bits per heavy atom. The van der Waals surface area contributed by atoms with Crippen molar-refractivity contribution in [2.24, 2.45) is 0 Å². The molecule has 21 heavy (non-hydrogen) atoms. The molecule has 0 unspecified atom stereocenters. The highest BCUT2D eigenvalue weighted by Crippen LogP contribution is 2.21. The highest BCUT2D eigenvalue weighted by molar-refractivity contribution is 5.99. The predicted octanol–water partition coefficient (Wildman–Crippen LogP) is 3.37. The van der Waals surface area contributed by atoms with Gasteiger partial charge in [0.05, 0.1) is 17.4 Å². The minimum atomic E-state index is -4.13. The maximum Gasteiger partial charge on any atom is 0.389 e. The van der Waals surface area contributed by atoms with E-state index in [0.29, 0.717) is 17.7 Å². The summed E-state index contributed by atoms with van der Waals surface area (Å²) < 4.78 is 35.9. The minimum absolute atomic E-state index is 0.0149. The molecule has 1 heterocycles. The first-order valence-corrected chi connectivity index (χ1v) is 6.97. The minimum Gasteiger partial charge on any atom is -0.383 e. The molecule has 1 amide bonds. The Kier molecular flexibility index (Phi) is 6.98. The van der Waals surface area contributed by atoms with E-state index in [1.54, 1.807) is 12.3 Å². The van der Waals surface area contributed by atoms with Gasteiger partial charge in [-0.05, 0) is 25.3 Å². The largest absolute Gasteiger partial charge is 0.389 e. The van der Waals surface area contributed by atoms with Crippen LogP contribution in [-0.2, 0) is 0 Å². The number of alkyl halides is 3. The van der Waals surface area contributed by atoms with Crippen molar-refractivity contribution < 1.29 is 18.0 Å². The smallest absolute Gasteiger partial charge is 0.383 e. The Hall–Kier alpha value is -1.79. The number of anilines is 1. The van der Waals surface area contributed by atoms with Crippen molar-refractivity contribution in [3.8, 4) is 0 Å². The molecule has 0 atom stereocenters. The zero-order valence-electron chi connectivity index (χ0n) is 12.0. The van der Waals surface area contributed by atoms with Gasteiger partial charge in [-0.2, -0.15) is 13.2 Å². The molecule has 0 fully saturated rings. The molecular weight excluding hydrogens is 283 g/mol. The number of aromatic nitrogens is 1. The Bertz CT molecular complexity index is 449. The van der Waals surface area contributed by atoms with E-state index >= 15 is 0 Å². The van der Waals surface area contributed by atoms with Crippen LogP contribution in [0.5, 0.6) is 0 Å². The maximum atomic E-state index is 12.0. The highest BCUT2D eigenvalue weighted by Gasteiger charge is 2.25. The van der Waals surface area contributed by atoms with Crippen LogP contribution in [0, 0.1) is 0 Å². The quantitative estimate of drug-likeness (QED) is 0.724. The van der Waals surface area contributed by atoms with Crippen molar-refractivity contribution in [1.82, 2.24) is 10.3 Å². The summed E-state index contributed by atoms with van der Waals surface area (Å²) in [6.07, 6.45) is -0.653. The molecule has 0 aliphatic carbocycles. The second-order valence-corrected chi connectivity index (χ2v) is 4.68. The lowest BCUT2D eigenvalue weighted by molar-refractivity contribution is -0.135. The predicted molar refractivity (Wildman–Crippen MR) is 75.3 cm³/mol. The molecule has 1 rings (SSSR count). The Morgan fingerprint density at radius 1 is 1.29 bits per heavy atom.